The predicted octanol–water partition coefficient (Wildman–Crippen LogP) is 0.494. The molecule has 0 spiro atoms. The summed E-state index contributed by atoms with van der Waals surface area (Å²) in [5.41, 5.74) is 7.32. The number of rotatable bonds is 4. The number of aliphatic hydroxyl groups is 1. The monoisotopic (exact) mass is 198 g/mol. The average Bonchev–Trinajstić information content (AvgIpc) is 2.31. The van der Waals surface area contributed by atoms with Crippen LogP contribution in [0.5, 0.6) is 0 Å². The van der Waals surface area contributed by atoms with Crippen molar-refractivity contribution in [2.24, 2.45) is 7.05 Å². The summed E-state index contributed by atoms with van der Waals surface area (Å²) in [6.07, 6.45) is 0.405. The van der Waals surface area contributed by atoms with Crippen LogP contribution < -0.4 is 11.1 Å². The lowest BCUT2D eigenvalue weighted by atomic mass is 10.3. The molecule has 0 bridgehead atoms. The summed E-state index contributed by atoms with van der Waals surface area (Å²) in [5.74, 6) is 0.822. The van der Waals surface area contributed by atoms with Gasteiger partial charge >= 0.3 is 0 Å². The van der Waals surface area contributed by atoms with Gasteiger partial charge in [-0.15, -0.1) is 0 Å². The minimum atomic E-state index is -0.293. The standard InChI is InChI=1S/C9H18N4O/c1-6(14)4-5-11-9-8(10)7(2)12-13(9)3/h6,11,14H,4-5,10H2,1-3H3. The van der Waals surface area contributed by atoms with Gasteiger partial charge in [0, 0.05) is 13.6 Å². The number of nitrogens with zero attached hydrogens (tertiary/aromatic N) is 2. The zero-order valence-electron chi connectivity index (χ0n) is 8.91. The highest BCUT2D eigenvalue weighted by Crippen LogP contribution is 2.20. The van der Waals surface area contributed by atoms with E-state index < -0.39 is 0 Å². The maximum absolute atomic E-state index is 9.08. The van der Waals surface area contributed by atoms with Gasteiger partial charge < -0.3 is 16.2 Å². The van der Waals surface area contributed by atoms with E-state index in [1.165, 1.54) is 0 Å². The second kappa shape index (κ2) is 4.32. The number of anilines is 2. The largest absolute Gasteiger partial charge is 0.394 e. The normalized spacial score (nSPS) is 12.9. The van der Waals surface area contributed by atoms with E-state index in [-0.39, 0.29) is 6.10 Å². The number of nitrogen functional groups attached to an aromatic ring is 1. The molecule has 0 aliphatic carbocycles. The van der Waals surface area contributed by atoms with Crippen molar-refractivity contribution in [2.75, 3.05) is 17.6 Å². The molecule has 0 aliphatic rings. The molecule has 0 saturated carbocycles. The van der Waals surface area contributed by atoms with Gasteiger partial charge in [-0.2, -0.15) is 5.10 Å². The Balaban J connectivity index is 2.58. The Hall–Kier alpha value is -1.23. The minimum absolute atomic E-state index is 0.293. The van der Waals surface area contributed by atoms with Crippen molar-refractivity contribution in [3.63, 3.8) is 0 Å². The average molecular weight is 198 g/mol. The number of hydrogen-bond donors (Lipinski definition) is 3. The number of aliphatic hydroxyl groups excluding tert-OH is 1. The molecule has 14 heavy (non-hydrogen) atoms. The fraction of sp³-hybridized carbons (Fsp3) is 0.667. The summed E-state index contributed by atoms with van der Waals surface area (Å²) in [6, 6.07) is 0. The molecule has 1 rings (SSSR count). The third-order valence-electron chi connectivity index (χ3n) is 2.12. The molecule has 0 saturated heterocycles. The molecule has 1 aromatic heterocycles. The van der Waals surface area contributed by atoms with E-state index in [2.05, 4.69) is 10.4 Å². The molecule has 5 nitrogen and oxygen atoms in total. The summed E-state index contributed by atoms with van der Waals surface area (Å²) in [4.78, 5) is 0. The Morgan fingerprint density at radius 1 is 1.64 bits per heavy atom. The van der Waals surface area contributed by atoms with Crippen LogP contribution in [0.25, 0.3) is 0 Å². The van der Waals surface area contributed by atoms with Gasteiger partial charge in [0.05, 0.1) is 17.5 Å². The lowest BCUT2D eigenvalue weighted by Crippen LogP contribution is -2.12. The van der Waals surface area contributed by atoms with Gasteiger partial charge in [0.2, 0.25) is 0 Å². The van der Waals surface area contributed by atoms with Crippen molar-refractivity contribution in [3.8, 4) is 0 Å². The van der Waals surface area contributed by atoms with Crippen LogP contribution in [0, 0.1) is 6.92 Å². The number of nitrogens with two attached hydrogens (primary N) is 1. The van der Waals surface area contributed by atoms with Crippen molar-refractivity contribution < 1.29 is 5.11 Å². The first-order valence-electron chi connectivity index (χ1n) is 4.73. The van der Waals surface area contributed by atoms with Gasteiger partial charge in [0.15, 0.2) is 0 Å². The highest BCUT2D eigenvalue weighted by Gasteiger charge is 2.08. The van der Waals surface area contributed by atoms with E-state index in [0.29, 0.717) is 18.7 Å². The van der Waals surface area contributed by atoms with Gasteiger partial charge in [-0.25, -0.2) is 0 Å². The quantitative estimate of drug-likeness (QED) is 0.658. The second-order valence-corrected chi connectivity index (χ2v) is 3.54. The highest BCUT2D eigenvalue weighted by atomic mass is 16.3. The molecule has 0 aliphatic heterocycles. The SMILES string of the molecule is Cc1nn(C)c(NCCC(C)O)c1N. The maximum Gasteiger partial charge on any atom is 0.147 e. The Kier molecular flexibility index (Phi) is 3.35. The van der Waals surface area contributed by atoms with Gasteiger partial charge in [0.1, 0.15) is 5.82 Å². The Morgan fingerprint density at radius 2 is 2.29 bits per heavy atom. The molecular weight excluding hydrogens is 180 g/mol. The molecule has 1 heterocycles. The first-order valence-corrected chi connectivity index (χ1v) is 4.73. The fourth-order valence-electron chi connectivity index (χ4n) is 1.28. The summed E-state index contributed by atoms with van der Waals surface area (Å²) < 4.78 is 1.71. The number of hydrogen-bond acceptors (Lipinski definition) is 4. The molecule has 1 atom stereocenters. The Morgan fingerprint density at radius 3 is 2.71 bits per heavy atom. The summed E-state index contributed by atoms with van der Waals surface area (Å²) >= 11 is 0. The van der Waals surface area contributed by atoms with Crippen molar-refractivity contribution in [1.82, 2.24) is 9.78 Å². The van der Waals surface area contributed by atoms with Crippen LogP contribution in [0.1, 0.15) is 19.0 Å². The van der Waals surface area contributed by atoms with Crippen molar-refractivity contribution in [1.29, 1.82) is 0 Å². The molecule has 0 radical (unpaired) electrons. The van der Waals surface area contributed by atoms with Crippen LogP contribution in [0.15, 0.2) is 0 Å². The molecule has 1 aromatic rings. The third-order valence-corrected chi connectivity index (χ3v) is 2.12. The second-order valence-electron chi connectivity index (χ2n) is 3.54. The van der Waals surface area contributed by atoms with Crippen LogP contribution >= 0.6 is 0 Å². The van der Waals surface area contributed by atoms with E-state index in [9.17, 15) is 0 Å². The predicted molar refractivity (Wildman–Crippen MR) is 57.1 cm³/mol. The molecule has 80 valence electrons. The van der Waals surface area contributed by atoms with Gasteiger partial charge in [-0.1, -0.05) is 0 Å². The number of aryl methyl sites for hydroxylation is 2. The summed E-state index contributed by atoms with van der Waals surface area (Å²) in [5, 5.41) is 16.4. The molecule has 4 N–H and O–H groups in total. The van der Waals surface area contributed by atoms with Gasteiger partial charge in [-0.3, -0.25) is 4.68 Å². The van der Waals surface area contributed by atoms with Crippen LogP contribution in [0.4, 0.5) is 11.5 Å². The van der Waals surface area contributed by atoms with E-state index in [0.717, 1.165) is 11.5 Å². The third kappa shape index (κ3) is 2.38. The molecule has 5 heteroatoms. The van der Waals surface area contributed by atoms with Crippen LogP contribution in [0.3, 0.4) is 0 Å². The van der Waals surface area contributed by atoms with E-state index >= 15 is 0 Å². The lowest BCUT2D eigenvalue weighted by Gasteiger charge is -2.08. The lowest BCUT2D eigenvalue weighted by molar-refractivity contribution is 0.188. The summed E-state index contributed by atoms with van der Waals surface area (Å²) in [7, 11) is 1.84. The first-order chi connectivity index (χ1) is 6.52. The fourth-order valence-corrected chi connectivity index (χ4v) is 1.28. The summed E-state index contributed by atoms with van der Waals surface area (Å²) in [6.45, 7) is 4.33. The minimum Gasteiger partial charge on any atom is -0.394 e. The van der Waals surface area contributed by atoms with Crippen molar-refractivity contribution >= 4 is 11.5 Å². The number of aromatic nitrogens is 2. The molecule has 1 unspecified atom stereocenters. The molecule has 0 amide bonds. The highest BCUT2D eigenvalue weighted by molar-refractivity contribution is 5.64. The maximum atomic E-state index is 9.08. The van der Waals surface area contributed by atoms with Crippen LogP contribution in [-0.2, 0) is 7.05 Å². The van der Waals surface area contributed by atoms with Gasteiger partial charge in [-0.05, 0) is 20.3 Å². The van der Waals surface area contributed by atoms with Crippen molar-refractivity contribution in [2.45, 2.75) is 26.4 Å². The zero-order valence-corrected chi connectivity index (χ0v) is 8.91. The topological polar surface area (TPSA) is 76.1 Å². The molecular formula is C9H18N4O. The van der Waals surface area contributed by atoms with Crippen molar-refractivity contribution in [3.05, 3.63) is 5.69 Å². The molecule has 0 fully saturated rings. The molecule has 0 aromatic carbocycles. The zero-order chi connectivity index (χ0) is 10.7. The van der Waals surface area contributed by atoms with Gasteiger partial charge in [0.25, 0.3) is 0 Å². The van der Waals surface area contributed by atoms with E-state index in [4.69, 9.17) is 10.8 Å². The Bertz CT molecular complexity index is 306. The smallest absolute Gasteiger partial charge is 0.147 e. The van der Waals surface area contributed by atoms with Crippen LogP contribution in [-0.4, -0.2) is 27.5 Å². The van der Waals surface area contributed by atoms with E-state index in [1.54, 1.807) is 11.6 Å². The first kappa shape index (κ1) is 10.8. The Labute approximate surface area is 83.9 Å². The van der Waals surface area contributed by atoms with E-state index in [1.807, 2.05) is 14.0 Å². The number of nitrogens with one attached hydrogen (secondary N) is 1. The van der Waals surface area contributed by atoms with Crippen LogP contribution in [0.2, 0.25) is 0 Å².